The summed E-state index contributed by atoms with van der Waals surface area (Å²) in [4.78, 5) is 22.7. The highest BCUT2D eigenvalue weighted by atomic mass is 35.5. The average molecular weight is 451 g/mol. The number of nitrogens with zero attached hydrogens (tertiary/aromatic N) is 4. The van der Waals surface area contributed by atoms with Crippen LogP contribution in [0.4, 0.5) is 15.9 Å². The number of hydrogen-bond acceptors (Lipinski definition) is 4. The van der Waals surface area contributed by atoms with Crippen molar-refractivity contribution < 1.29 is 9.18 Å². The summed E-state index contributed by atoms with van der Waals surface area (Å²) in [6, 6.07) is 7.40. The molecule has 3 aromatic heterocycles. The summed E-state index contributed by atoms with van der Waals surface area (Å²) in [5, 5.41) is 7.77. The first-order valence-corrected chi connectivity index (χ1v) is 11.0. The van der Waals surface area contributed by atoms with E-state index < -0.39 is 5.82 Å². The van der Waals surface area contributed by atoms with Crippen LogP contribution in [-0.2, 0) is 0 Å². The van der Waals surface area contributed by atoms with Gasteiger partial charge < -0.3 is 15.2 Å². The molecule has 32 heavy (non-hydrogen) atoms. The Morgan fingerprint density at radius 2 is 2.16 bits per heavy atom. The second-order valence-electron chi connectivity index (χ2n) is 8.50. The summed E-state index contributed by atoms with van der Waals surface area (Å²) < 4.78 is 15.3. The Labute approximate surface area is 188 Å². The minimum atomic E-state index is -0.517. The van der Waals surface area contributed by atoms with E-state index in [0.717, 1.165) is 24.0 Å². The molecule has 162 valence electrons. The molecule has 1 aliphatic heterocycles. The van der Waals surface area contributed by atoms with E-state index in [0.29, 0.717) is 28.2 Å². The van der Waals surface area contributed by atoms with Crippen LogP contribution >= 0.6 is 11.6 Å². The summed E-state index contributed by atoms with van der Waals surface area (Å²) in [6.45, 7) is 1.09. The summed E-state index contributed by atoms with van der Waals surface area (Å²) in [5.74, 6) is 0.966. The molecule has 1 saturated heterocycles. The normalized spacial score (nSPS) is 19.8. The number of pyridine rings is 1. The van der Waals surface area contributed by atoms with E-state index in [4.69, 9.17) is 11.6 Å². The topological polar surface area (TPSA) is 78.8 Å². The summed E-state index contributed by atoms with van der Waals surface area (Å²) in [6.07, 6.45) is 10.4. The summed E-state index contributed by atoms with van der Waals surface area (Å²) in [7, 11) is 0. The fraction of sp³-hybridized carbons (Fsp3) is 0.261. The van der Waals surface area contributed by atoms with Gasteiger partial charge >= 0.3 is 0 Å². The Kier molecular flexibility index (Phi) is 4.43. The molecule has 2 aliphatic rings. The molecule has 1 aromatic carbocycles. The number of piperidine rings is 1. The Balaban J connectivity index is 1.19. The third-order valence-electron chi connectivity index (χ3n) is 6.52. The van der Waals surface area contributed by atoms with Crippen molar-refractivity contribution in [3.63, 3.8) is 0 Å². The lowest BCUT2D eigenvalue weighted by atomic mass is 10.1. The second kappa shape index (κ2) is 7.34. The van der Waals surface area contributed by atoms with Gasteiger partial charge in [-0.3, -0.25) is 4.79 Å². The van der Waals surface area contributed by atoms with Crippen molar-refractivity contribution in [2.24, 2.45) is 5.92 Å². The van der Waals surface area contributed by atoms with E-state index in [-0.39, 0.29) is 10.9 Å². The molecular formula is C23H20ClFN6O. The van der Waals surface area contributed by atoms with Gasteiger partial charge in [0, 0.05) is 30.4 Å². The number of nitrogens with one attached hydrogen (secondary N) is 2. The van der Waals surface area contributed by atoms with Crippen LogP contribution in [-0.4, -0.2) is 38.2 Å². The highest BCUT2D eigenvalue weighted by Crippen LogP contribution is 2.39. The molecule has 4 aromatic rings. The van der Waals surface area contributed by atoms with E-state index in [9.17, 15) is 9.18 Å². The molecule has 2 N–H and O–H groups in total. The Hall–Kier alpha value is -3.39. The van der Waals surface area contributed by atoms with Crippen molar-refractivity contribution in [3.05, 3.63) is 65.5 Å². The number of amides is 1. The van der Waals surface area contributed by atoms with Crippen LogP contribution < -0.4 is 10.2 Å². The fourth-order valence-electron chi connectivity index (χ4n) is 4.88. The zero-order valence-electron chi connectivity index (χ0n) is 17.1. The molecule has 6 rings (SSSR count). The zero-order valence-corrected chi connectivity index (χ0v) is 17.8. The van der Waals surface area contributed by atoms with Crippen molar-refractivity contribution in [2.75, 3.05) is 16.8 Å². The Bertz CT molecular complexity index is 1330. The number of halogens is 2. The van der Waals surface area contributed by atoms with E-state index >= 15 is 0 Å². The van der Waals surface area contributed by atoms with Gasteiger partial charge in [0.05, 0.1) is 39.9 Å². The van der Waals surface area contributed by atoms with Crippen LogP contribution in [0.3, 0.4) is 0 Å². The smallest absolute Gasteiger partial charge is 0.258 e. The van der Waals surface area contributed by atoms with Crippen molar-refractivity contribution in [1.29, 1.82) is 0 Å². The lowest BCUT2D eigenvalue weighted by Gasteiger charge is -2.28. The number of rotatable bonds is 4. The first-order valence-electron chi connectivity index (χ1n) is 10.6. The van der Waals surface area contributed by atoms with E-state index in [1.165, 1.54) is 37.6 Å². The number of anilines is 2. The van der Waals surface area contributed by atoms with E-state index in [2.05, 4.69) is 25.3 Å². The zero-order chi connectivity index (χ0) is 21.8. The van der Waals surface area contributed by atoms with E-state index in [1.54, 1.807) is 23.3 Å². The van der Waals surface area contributed by atoms with Crippen LogP contribution in [0.5, 0.6) is 0 Å². The second-order valence-corrected chi connectivity index (χ2v) is 8.91. The number of aromatic amines is 1. The van der Waals surface area contributed by atoms with Gasteiger partial charge in [0.1, 0.15) is 11.6 Å². The maximum Gasteiger partial charge on any atom is 0.258 e. The quantitative estimate of drug-likeness (QED) is 0.469. The largest absolute Gasteiger partial charge is 0.359 e. The maximum atomic E-state index is 13.6. The van der Waals surface area contributed by atoms with Crippen molar-refractivity contribution in [2.45, 2.75) is 25.3 Å². The third-order valence-corrected chi connectivity index (χ3v) is 6.81. The number of H-pyrrole nitrogens is 1. The van der Waals surface area contributed by atoms with Crippen LogP contribution in [0.25, 0.3) is 16.6 Å². The van der Waals surface area contributed by atoms with Gasteiger partial charge in [0.15, 0.2) is 0 Å². The van der Waals surface area contributed by atoms with Crippen LogP contribution in [0.15, 0.2) is 49.1 Å². The van der Waals surface area contributed by atoms with Gasteiger partial charge in [0.2, 0.25) is 0 Å². The highest BCUT2D eigenvalue weighted by molar-refractivity contribution is 6.31. The standard InChI is InChI=1S/C23H20ClFN6O/c24-18-6-17-20(7-19(18)25)26-10-21(17)29-23(32)14-8-28-31(12-14)16-3-4-22(27-9-16)30-11-13-1-2-15(30)5-13/h3-4,6-10,12-13,15,26H,1-2,5,11H2,(H,29,32). The van der Waals surface area contributed by atoms with Crippen LogP contribution in [0, 0.1) is 11.7 Å². The monoisotopic (exact) mass is 450 g/mol. The molecular weight excluding hydrogens is 431 g/mol. The van der Waals surface area contributed by atoms with Gasteiger partial charge in [-0.2, -0.15) is 5.10 Å². The first-order chi connectivity index (χ1) is 15.5. The van der Waals surface area contributed by atoms with Crippen molar-refractivity contribution >= 4 is 39.9 Å². The first kappa shape index (κ1) is 19.3. The molecule has 1 aliphatic carbocycles. The minimum Gasteiger partial charge on any atom is -0.359 e. The highest BCUT2D eigenvalue weighted by Gasteiger charge is 2.38. The molecule has 4 heterocycles. The molecule has 9 heteroatoms. The fourth-order valence-corrected chi connectivity index (χ4v) is 5.05. The van der Waals surface area contributed by atoms with Gasteiger partial charge in [-0.05, 0) is 49.4 Å². The van der Waals surface area contributed by atoms with Crippen LogP contribution in [0.2, 0.25) is 5.02 Å². The predicted molar refractivity (Wildman–Crippen MR) is 121 cm³/mol. The SMILES string of the molecule is O=C(Nc1c[nH]c2cc(F)c(Cl)cc12)c1cnn(-c2ccc(N3CC4CCC3C4)nc2)c1. The number of hydrogen-bond donors (Lipinski definition) is 2. The molecule has 1 amide bonds. The molecule has 1 saturated carbocycles. The predicted octanol–water partition coefficient (Wildman–Crippen LogP) is 4.78. The van der Waals surface area contributed by atoms with Gasteiger partial charge in [0.25, 0.3) is 5.91 Å². The minimum absolute atomic E-state index is 0.00174. The molecule has 0 radical (unpaired) electrons. The molecule has 0 spiro atoms. The Morgan fingerprint density at radius 1 is 1.25 bits per heavy atom. The van der Waals surface area contributed by atoms with Gasteiger partial charge in [-0.15, -0.1) is 0 Å². The molecule has 2 bridgehead atoms. The Morgan fingerprint density at radius 3 is 2.91 bits per heavy atom. The molecule has 7 nitrogen and oxygen atoms in total. The lowest BCUT2D eigenvalue weighted by Crippen LogP contribution is -2.32. The van der Waals surface area contributed by atoms with Crippen molar-refractivity contribution in [3.8, 4) is 5.69 Å². The number of aromatic nitrogens is 4. The number of benzene rings is 1. The van der Waals surface area contributed by atoms with Gasteiger partial charge in [-0.25, -0.2) is 14.1 Å². The third kappa shape index (κ3) is 3.22. The number of carbonyl (C=O) groups excluding carboxylic acids is 1. The molecule has 2 fully saturated rings. The molecule has 2 unspecified atom stereocenters. The van der Waals surface area contributed by atoms with Gasteiger partial charge in [-0.1, -0.05) is 11.6 Å². The lowest BCUT2D eigenvalue weighted by molar-refractivity contribution is 0.102. The van der Waals surface area contributed by atoms with Crippen LogP contribution in [0.1, 0.15) is 29.6 Å². The average Bonchev–Trinajstić information content (AvgIpc) is 3.59. The maximum absolute atomic E-state index is 13.6. The summed E-state index contributed by atoms with van der Waals surface area (Å²) >= 11 is 5.89. The number of fused-ring (bicyclic) bond motifs is 3. The van der Waals surface area contributed by atoms with Crippen molar-refractivity contribution in [1.82, 2.24) is 19.7 Å². The summed E-state index contributed by atoms with van der Waals surface area (Å²) in [5.41, 5.74) is 2.25. The molecule has 2 atom stereocenters. The number of carbonyl (C=O) groups is 1. The van der Waals surface area contributed by atoms with E-state index in [1.807, 2.05) is 12.1 Å².